The van der Waals surface area contributed by atoms with E-state index in [2.05, 4.69) is 0 Å². The van der Waals surface area contributed by atoms with Gasteiger partial charge in [0.1, 0.15) is 11.5 Å². The minimum Gasteiger partial charge on any atom is -0.507 e. The lowest BCUT2D eigenvalue weighted by molar-refractivity contribution is -0.133. The predicted molar refractivity (Wildman–Crippen MR) is 102 cm³/mol. The van der Waals surface area contributed by atoms with Gasteiger partial charge in [-0.25, -0.2) is 0 Å². The standard InChI is InChI=1S/C21H24N2O4/c1-16-7-9-17(10-8-16)27-15-20(25)22-11-4-12-23(14-13-22)21(26)18-5-2-3-6-19(18)24/h2-3,5-10,24H,4,11-15H2,1H3. The lowest BCUT2D eigenvalue weighted by Gasteiger charge is -2.22. The van der Waals surface area contributed by atoms with E-state index in [-0.39, 0.29) is 24.2 Å². The number of ether oxygens (including phenoxy) is 1. The zero-order chi connectivity index (χ0) is 19.2. The zero-order valence-corrected chi connectivity index (χ0v) is 15.4. The van der Waals surface area contributed by atoms with Gasteiger partial charge < -0.3 is 19.6 Å². The van der Waals surface area contributed by atoms with Gasteiger partial charge in [0.2, 0.25) is 0 Å². The monoisotopic (exact) mass is 368 g/mol. The first-order valence-electron chi connectivity index (χ1n) is 9.09. The Morgan fingerprint density at radius 3 is 2.37 bits per heavy atom. The third-order valence-corrected chi connectivity index (χ3v) is 4.65. The highest BCUT2D eigenvalue weighted by molar-refractivity contribution is 5.96. The fourth-order valence-electron chi connectivity index (χ4n) is 3.07. The fourth-order valence-corrected chi connectivity index (χ4v) is 3.07. The maximum atomic E-state index is 12.6. The van der Waals surface area contributed by atoms with E-state index in [0.717, 1.165) is 5.56 Å². The Labute approximate surface area is 159 Å². The van der Waals surface area contributed by atoms with Gasteiger partial charge in [0.15, 0.2) is 6.61 Å². The van der Waals surface area contributed by atoms with Gasteiger partial charge in [-0.2, -0.15) is 0 Å². The van der Waals surface area contributed by atoms with Crippen LogP contribution in [0.15, 0.2) is 48.5 Å². The molecule has 6 heteroatoms. The van der Waals surface area contributed by atoms with Crippen molar-refractivity contribution in [1.29, 1.82) is 0 Å². The quantitative estimate of drug-likeness (QED) is 0.900. The first-order chi connectivity index (χ1) is 13.0. The average Bonchev–Trinajstić information content (AvgIpc) is 2.93. The summed E-state index contributed by atoms with van der Waals surface area (Å²) in [6, 6.07) is 14.1. The van der Waals surface area contributed by atoms with Crippen LogP contribution in [0.5, 0.6) is 11.5 Å². The van der Waals surface area contributed by atoms with Crippen molar-refractivity contribution in [3.8, 4) is 11.5 Å². The number of carbonyl (C=O) groups excluding carboxylic acids is 2. The van der Waals surface area contributed by atoms with Crippen molar-refractivity contribution in [3.05, 3.63) is 59.7 Å². The molecular formula is C21H24N2O4. The molecule has 3 rings (SSSR count). The summed E-state index contributed by atoms with van der Waals surface area (Å²) < 4.78 is 5.57. The second-order valence-electron chi connectivity index (χ2n) is 6.65. The predicted octanol–water partition coefficient (Wildman–Crippen LogP) is 2.45. The van der Waals surface area contributed by atoms with Gasteiger partial charge >= 0.3 is 0 Å². The van der Waals surface area contributed by atoms with E-state index in [1.165, 1.54) is 6.07 Å². The molecule has 1 saturated heterocycles. The number of carbonyl (C=O) groups is 2. The summed E-state index contributed by atoms with van der Waals surface area (Å²) in [7, 11) is 0. The molecule has 1 aliphatic rings. The van der Waals surface area contributed by atoms with E-state index in [1.807, 2.05) is 31.2 Å². The number of para-hydroxylation sites is 1. The van der Waals surface area contributed by atoms with Crippen molar-refractivity contribution in [2.75, 3.05) is 32.8 Å². The summed E-state index contributed by atoms with van der Waals surface area (Å²) in [6.45, 7) is 4.00. The molecule has 0 unspecified atom stereocenters. The van der Waals surface area contributed by atoms with Gasteiger partial charge in [0.25, 0.3) is 11.8 Å². The highest BCUT2D eigenvalue weighted by Crippen LogP contribution is 2.19. The van der Waals surface area contributed by atoms with E-state index in [0.29, 0.717) is 43.9 Å². The van der Waals surface area contributed by atoms with E-state index in [1.54, 1.807) is 28.0 Å². The third kappa shape index (κ3) is 4.78. The summed E-state index contributed by atoms with van der Waals surface area (Å²) in [5.74, 6) is 0.344. The maximum absolute atomic E-state index is 12.6. The molecule has 0 aromatic heterocycles. The molecule has 1 fully saturated rings. The molecule has 1 aliphatic heterocycles. The highest BCUT2D eigenvalue weighted by Gasteiger charge is 2.24. The molecule has 2 aromatic rings. The molecule has 2 amide bonds. The highest BCUT2D eigenvalue weighted by atomic mass is 16.5. The lowest BCUT2D eigenvalue weighted by atomic mass is 10.1. The summed E-state index contributed by atoms with van der Waals surface area (Å²) >= 11 is 0. The Bertz CT molecular complexity index is 804. The van der Waals surface area contributed by atoms with Crippen LogP contribution in [0.1, 0.15) is 22.3 Å². The summed E-state index contributed by atoms with van der Waals surface area (Å²) in [4.78, 5) is 28.5. The van der Waals surface area contributed by atoms with Gasteiger partial charge in [-0.15, -0.1) is 0 Å². The number of benzene rings is 2. The van der Waals surface area contributed by atoms with Crippen LogP contribution in [0, 0.1) is 6.92 Å². The molecule has 0 radical (unpaired) electrons. The number of hydrogen-bond acceptors (Lipinski definition) is 4. The zero-order valence-electron chi connectivity index (χ0n) is 15.4. The Hall–Kier alpha value is -3.02. The number of phenolic OH excluding ortho intramolecular Hbond substituents is 1. The van der Waals surface area contributed by atoms with Gasteiger partial charge in [0.05, 0.1) is 5.56 Å². The maximum Gasteiger partial charge on any atom is 0.260 e. The van der Waals surface area contributed by atoms with Crippen molar-refractivity contribution in [3.63, 3.8) is 0 Å². The van der Waals surface area contributed by atoms with Crippen molar-refractivity contribution < 1.29 is 19.4 Å². The molecule has 1 N–H and O–H groups in total. The van der Waals surface area contributed by atoms with Gasteiger partial charge in [-0.1, -0.05) is 29.8 Å². The second-order valence-corrected chi connectivity index (χ2v) is 6.65. The number of amides is 2. The average molecular weight is 368 g/mol. The summed E-state index contributed by atoms with van der Waals surface area (Å²) in [5, 5.41) is 9.89. The van der Waals surface area contributed by atoms with Crippen LogP contribution in [0.4, 0.5) is 0 Å². The Balaban J connectivity index is 1.54. The van der Waals surface area contributed by atoms with Gasteiger partial charge in [-0.3, -0.25) is 9.59 Å². The van der Waals surface area contributed by atoms with Crippen LogP contribution in [0.3, 0.4) is 0 Å². The molecule has 2 aromatic carbocycles. The molecule has 142 valence electrons. The van der Waals surface area contributed by atoms with Crippen molar-refractivity contribution in [2.45, 2.75) is 13.3 Å². The Morgan fingerprint density at radius 2 is 1.63 bits per heavy atom. The van der Waals surface area contributed by atoms with Crippen LogP contribution >= 0.6 is 0 Å². The van der Waals surface area contributed by atoms with Crippen LogP contribution < -0.4 is 4.74 Å². The van der Waals surface area contributed by atoms with E-state index < -0.39 is 0 Å². The van der Waals surface area contributed by atoms with Crippen molar-refractivity contribution in [1.82, 2.24) is 9.80 Å². The molecule has 0 bridgehead atoms. The molecular weight excluding hydrogens is 344 g/mol. The third-order valence-electron chi connectivity index (χ3n) is 4.65. The van der Waals surface area contributed by atoms with Crippen molar-refractivity contribution >= 4 is 11.8 Å². The molecule has 27 heavy (non-hydrogen) atoms. The molecule has 0 aliphatic carbocycles. The molecule has 6 nitrogen and oxygen atoms in total. The number of aromatic hydroxyl groups is 1. The number of nitrogens with zero attached hydrogens (tertiary/aromatic N) is 2. The number of phenols is 1. The SMILES string of the molecule is Cc1ccc(OCC(=O)N2CCCN(C(=O)c3ccccc3O)CC2)cc1. The number of hydrogen-bond donors (Lipinski definition) is 1. The summed E-state index contributed by atoms with van der Waals surface area (Å²) in [5.41, 5.74) is 1.43. The topological polar surface area (TPSA) is 70.1 Å². The van der Waals surface area contributed by atoms with Gasteiger partial charge in [-0.05, 0) is 37.6 Å². The molecule has 0 spiro atoms. The minimum absolute atomic E-state index is 0.0174. The van der Waals surface area contributed by atoms with Crippen LogP contribution in [-0.2, 0) is 4.79 Å². The fraction of sp³-hybridized carbons (Fsp3) is 0.333. The van der Waals surface area contributed by atoms with Crippen LogP contribution in [0.2, 0.25) is 0 Å². The molecule has 0 saturated carbocycles. The van der Waals surface area contributed by atoms with Crippen LogP contribution in [0.25, 0.3) is 0 Å². The smallest absolute Gasteiger partial charge is 0.260 e. The van der Waals surface area contributed by atoms with Crippen LogP contribution in [-0.4, -0.2) is 59.5 Å². The molecule has 0 atom stereocenters. The van der Waals surface area contributed by atoms with Crippen molar-refractivity contribution in [2.24, 2.45) is 0 Å². The first kappa shape index (κ1) is 18.8. The Kier molecular flexibility index (Phi) is 5.96. The lowest BCUT2D eigenvalue weighted by Crippen LogP contribution is -2.39. The summed E-state index contributed by atoms with van der Waals surface area (Å²) in [6.07, 6.45) is 0.690. The molecule has 1 heterocycles. The number of aryl methyl sites for hydroxylation is 1. The largest absolute Gasteiger partial charge is 0.507 e. The van der Waals surface area contributed by atoms with Gasteiger partial charge in [0, 0.05) is 26.2 Å². The normalized spacial score (nSPS) is 14.6. The van der Waals surface area contributed by atoms with E-state index in [4.69, 9.17) is 4.74 Å². The van der Waals surface area contributed by atoms with E-state index >= 15 is 0 Å². The minimum atomic E-state index is -0.210. The number of rotatable bonds is 4. The first-order valence-corrected chi connectivity index (χ1v) is 9.09. The second kappa shape index (κ2) is 8.58. The Morgan fingerprint density at radius 1 is 0.963 bits per heavy atom. The van der Waals surface area contributed by atoms with E-state index in [9.17, 15) is 14.7 Å².